The minimum Gasteiger partial charge on any atom is -0.380 e. The van der Waals surface area contributed by atoms with Crippen LogP contribution in [0, 0.1) is 0 Å². The van der Waals surface area contributed by atoms with Gasteiger partial charge in [0.15, 0.2) is 5.78 Å². The Morgan fingerprint density at radius 3 is 2.76 bits per heavy atom. The van der Waals surface area contributed by atoms with Gasteiger partial charge in [-0.3, -0.25) is 4.79 Å². The van der Waals surface area contributed by atoms with Crippen LogP contribution in [0.25, 0.3) is 0 Å². The van der Waals surface area contributed by atoms with E-state index in [1.807, 2.05) is 30.3 Å². The van der Waals surface area contributed by atoms with Crippen LogP contribution in [-0.4, -0.2) is 5.78 Å². The Labute approximate surface area is 104 Å². The van der Waals surface area contributed by atoms with Gasteiger partial charge in [0.2, 0.25) is 0 Å². The van der Waals surface area contributed by atoms with E-state index < -0.39 is 0 Å². The summed E-state index contributed by atoms with van der Waals surface area (Å²) in [6, 6.07) is 13.0. The maximum Gasteiger partial charge on any atom is 0.195 e. The average Bonchev–Trinajstić information content (AvgIpc) is 2.49. The van der Waals surface area contributed by atoms with Crippen molar-refractivity contribution >= 4 is 23.1 Å². The van der Waals surface area contributed by atoms with Gasteiger partial charge < -0.3 is 5.32 Å². The highest BCUT2D eigenvalue weighted by Gasteiger charge is 2.20. The molecule has 2 aromatic rings. The van der Waals surface area contributed by atoms with Gasteiger partial charge in [0, 0.05) is 28.4 Å². The Morgan fingerprint density at radius 2 is 1.88 bits per heavy atom. The molecular formula is C14H10ClNO. The molecule has 0 unspecified atom stereocenters. The van der Waals surface area contributed by atoms with Crippen LogP contribution in [0.4, 0.5) is 5.69 Å². The molecule has 0 atom stereocenters. The molecule has 3 rings (SSSR count). The van der Waals surface area contributed by atoms with E-state index in [1.165, 1.54) is 0 Å². The predicted octanol–water partition coefficient (Wildman–Crippen LogP) is 3.50. The molecule has 0 amide bonds. The van der Waals surface area contributed by atoms with Crippen LogP contribution in [-0.2, 0) is 6.54 Å². The Hall–Kier alpha value is -1.80. The summed E-state index contributed by atoms with van der Waals surface area (Å²) in [7, 11) is 0. The molecule has 1 aliphatic rings. The first-order valence-corrected chi connectivity index (χ1v) is 5.79. The molecule has 1 aliphatic heterocycles. The fraction of sp³-hybridized carbons (Fsp3) is 0.0714. The third kappa shape index (κ3) is 1.71. The van der Waals surface area contributed by atoms with Crippen LogP contribution in [0.15, 0.2) is 42.5 Å². The van der Waals surface area contributed by atoms with Gasteiger partial charge in [-0.15, -0.1) is 0 Å². The van der Waals surface area contributed by atoms with E-state index in [-0.39, 0.29) is 5.78 Å². The number of hydrogen-bond acceptors (Lipinski definition) is 2. The van der Waals surface area contributed by atoms with Crippen molar-refractivity contribution < 1.29 is 4.79 Å². The summed E-state index contributed by atoms with van der Waals surface area (Å²) in [5.74, 6) is 0.0306. The van der Waals surface area contributed by atoms with Crippen molar-refractivity contribution in [3.63, 3.8) is 0 Å². The molecular weight excluding hydrogens is 234 g/mol. The lowest BCUT2D eigenvalue weighted by Crippen LogP contribution is -2.02. The summed E-state index contributed by atoms with van der Waals surface area (Å²) in [5, 5.41) is 3.84. The largest absolute Gasteiger partial charge is 0.380 e. The second kappa shape index (κ2) is 3.90. The molecule has 2 nitrogen and oxygen atoms in total. The summed E-state index contributed by atoms with van der Waals surface area (Å²) in [6.07, 6.45) is 0. The lowest BCUT2D eigenvalue weighted by molar-refractivity contribution is 0.103. The number of anilines is 1. The minimum atomic E-state index is 0.0306. The average molecular weight is 244 g/mol. The molecule has 0 saturated heterocycles. The Balaban J connectivity index is 2.22. The van der Waals surface area contributed by atoms with E-state index in [2.05, 4.69) is 5.32 Å². The monoisotopic (exact) mass is 243 g/mol. The Kier molecular flexibility index (Phi) is 2.37. The fourth-order valence-electron chi connectivity index (χ4n) is 2.09. The van der Waals surface area contributed by atoms with E-state index in [9.17, 15) is 4.79 Å². The Bertz CT molecular complexity index is 607. The van der Waals surface area contributed by atoms with Crippen LogP contribution in [0.3, 0.4) is 0 Å². The number of rotatable bonds is 0. The molecule has 0 bridgehead atoms. The molecule has 2 aromatic carbocycles. The number of benzene rings is 2. The lowest BCUT2D eigenvalue weighted by Gasteiger charge is -2.06. The van der Waals surface area contributed by atoms with Crippen molar-refractivity contribution in [3.8, 4) is 0 Å². The van der Waals surface area contributed by atoms with Crippen LogP contribution >= 0.6 is 11.6 Å². The molecule has 0 spiro atoms. The number of nitrogens with one attached hydrogen (secondary N) is 1. The van der Waals surface area contributed by atoms with Gasteiger partial charge in [-0.2, -0.15) is 0 Å². The highest BCUT2D eigenvalue weighted by Crippen LogP contribution is 2.28. The number of ketones is 1. The van der Waals surface area contributed by atoms with Gasteiger partial charge in [-0.1, -0.05) is 35.9 Å². The van der Waals surface area contributed by atoms with Crippen molar-refractivity contribution in [1.29, 1.82) is 0 Å². The third-order valence-electron chi connectivity index (χ3n) is 2.96. The number of carbonyl (C=O) groups excluding carboxylic acids is 1. The molecule has 0 saturated carbocycles. The first kappa shape index (κ1) is 10.4. The van der Waals surface area contributed by atoms with Crippen molar-refractivity contribution in [2.24, 2.45) is 0 Å². The van der Waals surface area contributed by atoms with Gasteiger partial charge in [0.25, 0.3) is 0 Å². The van der Waals surface area contributed by atoms with Gasteiger partial charge in [0.05, 0.1) is 0 Å². The first-order valence-electron chi connectivity index (χ1n) is 5.42. The van der Waals surface area contributed by atoms with Gasteiger partial charge >= 0.3 is 0 Å². The van der Waals surface area contributed by atoms with E-state index in [4.69, 9.17) is 11.6 Å². The van der Waals surface area contributed by atoms with E-state index >= 15 is 0 Å². The quantitative estimate of drug-likeness (QED) is 0.767. The second-order valence-corrected chi connectivity index (χ2v) is 4.47. The number of hydrogen-bond donors (Lipinski definition) is 1. The molecule has 84 valence electrons. The molecule has 0 aromatic heterocycles. The third-order valence-corrected chi connectivity index (χ3v) is 3.19. The number of fused-ring (bicyclic) bond motifs is 2. The first-order chi connectivity index (χ1) is 8.25. The zero-order valence-corrected chi connectivity index (χ0v) is 9.79. The van der Waals surface area contributed by atoms with Crippen LogP contribution in [0.2, 0.25) is 5.02 Å². The van der Waals surface area contributed by atoms with Crippen molar-refractivity contribution in [1.82, 2.24) is 0 Å². The van der Waals surface area contributed by atoms with E-state index in [0.29, 0.717) is 17.1 Å². The summed E-state index contributed by atoms with van der Waals surface area (Å²) in [6.45, 7) is 0.663. The number of carbonyl (C=O) groups is 1. The van der Waals surface area contributed by atoms with Crippen LogP contribution < -0.4 is 5.32 Å². The van der Waals surface area contributed by atoms with Gasteiger partial charge in [0.1, 0.15) is 0 Å². The molecule has 0 aliphatic carbocycles. The number of halogens is 1. The second-order valence-electron chi connectivity index (χ2n) is 4.03. The summed E-state index contributed by atoms with van der Waals surface area (Å²) >= 11 is 5.94. The van der Waals surface area contributed by atoms with E-state index in [1.54, 1.807) is 12.1 Å². The standard InChI is InChI=1S/C14H10ClNO/c15-10-5-6-13-12(7-10)14(17)11-4-2-1-3-9(11)8-16-13/h1-7,16H,8H2. The van der Waals surface area contributed by atoms with Crippen molar-refractivity contribution in [2.75, 3.05) is 5.32 Å². The highest BCUT2D eigenvalue weighted by molar-refractivity contribution is 6.31. The maximum atomic E-state index is 12.4. The topological polar surface area (TPSA) is 29.1 Å². The molecule has 1 N–H and O–H groups in total. The van der Waals surface area contributed by atoms with Crippen LogP contribution in [0.5, 0.6) is 0 Å². The molecule has 0 fully saturated rings. The lowest BCUT2D eigenvalue weighted by atomic mass is 9.99. The fourth-order valence-corrected chi connectivity index (χ4v) is 2.26. The Morgan fingerprint density at radius 1 is 1.06 bits per heavy atom. The van der Waals surface area contributed by atoms with Crippen LogP contribution in [0.1, 0.15) is 21.5 Å². The maximum absolute atomic E-state index is 12.4. The van der Waals surface area contributed by atoms with Crippen molar-refractivity contribution in [3.05, 3.63) is 64.2 Å². The minimum absolute atomic E-state index is 0.0306. The summed E-state index contributed by atoms with van der Waals surface area (Å²) < 4.78 is 0. The van der Waals surface area contributed by atoms with Gasteiger partial charge in [-0.05, 0) is 23.8 Å². The SMILES string of the molecule is O=C1c2ccccc2CNc2ccc(Cl)cc21. The molecule has 1 heterocycles. The van der Waals surface area contributed by atoms with E-state index in [0.717, 1.165) is 16.8 Å². The highest BCUT2D eigenvalue weighted by atomic mass is 35.5. The van der Waals surface area contributed by atoms with Crippen molar-refractivity contribution in [2.45, 2.75) is 6.54 Å². The molecule has 0 radical (unpaired) electrons. The smallest absolute Gasteiger partial charge is 0.195 e. The molecule has 3 heteroatoms. The predicted molar refractivity (Wildman–Crippen MR) is 68.7 cm³/mol. The zero-order chi connectivity index (χ0) is 11.8. The summed E-state index contributed by atoms with van der Waals surface area (Å²) in [4.78, 5) is 12.4. The summed E-state index contributed by atoms with van der Waals surface area (Å²) in [5.41, 5.74) is 3.25. The molecule has 17 heavy (non-hydrogen) atoms. The van der Waals surface area contributed by atoms with Gasteiger partial charge in [-0.25, -0.2) is 0 Å². The zero-order valence-electron chi connectivity index (χ0n) is 9.03. The normalized spacial score (nSPS) is 13.4.